The third-order valence-corrected chi connectivity index (χ3v) is 4.48. The van der Waals surface area contributed by atoms with Gasteiger partial charge in [-0.2, -0.15) is 0 Å². The Labute approximate surface area is 160 Å². The van der Waals surface area contributed by atoms with E-state index in [1.807, 2.05) is 30.3 Å². The lowest BCUT2D eigenvalue weighted by molar-refractivity contribution is 0.0698. The summed E-state index contributed by atoms with van der Waals surface area (Å²) in [5.74, 6) is -1.53. The number of fused-ring (bicyclic) bond motifs is 1. The van der Waals surface area contributed by atoms with Crippen molar-refractivity contribution in [2.24, 2.45) is 7.05 Å². The fraction of sp³-hybridized carbons (Fsp3) is 0.0476. The number of nitrogens with zero attached hydrogens (tertiary/aromatic N) is 3. The molecule has 0 bridgehead atoms. The second-order valence-electron chi connectivity index (χ2n) is 6.30. The first kappa shape index (κ1) is 17.4. The van der Waals surface area contributed by atoms with Crippen LogP contribution in [0.5, 0.6) is 0 Å². The fourth-order valence-corrected chi connectivity index (χ4v) is 3.02. The highest BCUT2D eigenvalue weighted by Crippen LogP contribution is 2.26. The zero-order valence-corrected chi connectivity index (χ0v) is 15.0. The summed E-state index contributed by atoms with van der Waals surface area (Å²) < 4.78 is 1.61. The van der Waals surface area contributed by atoms with Gasteiger partial charge in [0.15, 0.2) is 0 Å². The number of anilines is 1. The molecule has 4 aromatic rings. The number of benzene rings is 3. The Morgan fingerprint density at radius 3 is 2.50 bits per heavy atom. The lowest BCUT2D eigenvalue weighted by Crippen LogP contribution is -2.15. The Bertz CT molecular complexity index is 1200. The van der Waals surface area contributed by atoms with Gasteiger partial charge in [0.05, 0.1) is 16.8 Å². The van der Waals surface area contributed by atoms with Gasteiger partial charge >= 0.3 is 5.97 Å². The normalized spacial score (nSPS) is 10.8. The van der Waals surface area contributed by atoms with Gasteiger partial charge in [0.1, 0.15) is 5.52 Å². The molecule has 0 fully saturated rings. The Morgan fingerprint density at radius 2 is 1.75 bits per heavy atom. The summed E-state index contributed by atoms with van der Waals surface area (Å²) in [6, 6.07) is 19.4. The minimum atomic E-state index is -1.11. The number of amides is 1. The van der Waals surface area contributed by atoms with E-state index in [-0.39, 0.29) is 11.3 Å². The maximum atomic E-state index is 12.7. The van der Waals surface area contributed by atoms with Crippen molar-refractivity contribution < 1.29 is 14.7 Å². The Morgan fingerprint density at radius 1 is 0.964 bits per heavy atom. The van der Waals surface area contributed by atoms with Crippen LogP contribution in [0.25, 0.3) is 22.2 Å². The zero-order chi connectivity index (χ0) is 19.7. The molecule has 0 aliphatic carbocycles. The van der Waals surface area contributed by atoms with Crippen LogP contribution in [-0.2, 0) is 7.05 Å². The van der Waals surface area contributed by atoms with E-state index in [1.54, 1.807) is 42.1 Å². The summed E-state index contributed by atoms with van der Waals surface area (Å²) in [5, 5.41) is 20.1. The Kier molecular flexibility index (Phi) is 4.33. The second-order valence-corrected chi connectivity index (χ2v) is 6.30. The van der Waals surface area contributed by atoms with Gasteiger partial charge < -0.3 is 10.4 Å². The number of aromatic nitrogens is 3. The molecular weight excluding hydrogens is 356 g/mol. The second kappa shape index (κ2) is 6.96. The van der Waals surface area contributed by atoms with Gasteiger partial charge in [0.25, 0.3) is 5.91 Å². The number of carboxylic acid groups (broad SMARTS) is 1. The number of hydrogen-bond acceptors (Lipinski definition) is 4. The van der Waals surface area contributed by atoms with Crippen molar-refractivity contribution in [2.45, 2.75) is 0 Å². The highest BCUT2D eigenvalue weighted by molar-refractivity contribution is 6.09. The number of aromatic carboxylic acids is 1. The van der Waals surface area contributed by atoms with Crippen molar-refractivity contribution in [1.29, 1.82) is 0 Å². The SMILES string of the molecule is Cn1nnc2cc(C(=O)Nc3cc(-c4ccccc4)ccc3C(=O)O)ccc21. The van der Waals surface area contributed by atoms with E-state index in [0.717, 1.165) is 16.6 Å². The molecule has 0 saturated heterocycles. The maximum absolute atomic E-state index is 12.7. The van der Waals surface area contributed by atoms with E-state index >= 15 is 0 Å². The van der Waals surface area contributed by atoms with Gasteiger partial charge in [-0.3, -0.25) is 4.79 Å². The average Bonchev–Trinajstić information content (AvgIpc) is 3.08. The molecule has 2 N–H and O–H groups in total. The first-order chi connectivity index (χ1) is 13.5. The van der Waals surface area contributed by atoms with Gasteiger partial charge in [-0.25, -0.2) is 9.48 Å². The molecule has 1 amide bonds. The molecule has 0 aliphatic rings. The molecular formula is C21H16N4O3. The van der Waals surface area contributed by atoms with Crippen LogP contribution in [0.2, 0.25) is 0 Å². The lowest BCUT2D eigenvalue weighted by Gasteiger charge is -2.11. The number of aryl methyl sites for hydroxylation is 1. The van der Waals surface area contributed by atoms with E-state index in [2.05, 4.69) is 15.6 Å². The summed E-state index contributed by atoms with van der Waals surface area (Å²) >= 11 is 0. The van der Waals surface area contributed by atoms with Crippen LogP contribution in [-0.4, -0.2) is 32.0 Å². The number of carboxylic acids is 1. The van der Waals surface area contributed by atoms with Gasteiger partial charge in [-0.05, 0) is 41.5 Å². The molecule has 7 heteroatoms. The first-order valence-corrected chi connectivity index (χ1v) is 8.56. The molecule has 0 radical (unpaired) electrons. The third-order valence-electron chi connectivity index (χ3n) is 4.48. The molecule has 0 aliphatic heterocycles. The van der Waals surface area contributed by atoms with Crippen molar-refractivity contribution in [3.05, 3.63) is 77.9 Å². The summed E-state index contributed by atoms with van der Waals surface area (Å²) in [5.41, 5.74) is 3.75. The predicted octanol–water partition coefficient (Wildman–Crippen LogP) is 3.59. The van der Waals surface area contributed by atoms with E-state index in [4.69, 9.17) is 0 Å². The van der Waals surface area contributed by atoms with E-state index in [1.165, 1.54) is 6.07 Å². The zero-order valence-electron chi connectivity index (χ0n) is 15.0. The third kappa shape index (κ3) is 3.21. The minimum absolute atomic E-state index is 0.0219. The topological polar surface area (TPSA) is 97.1 Å². The number of carbonyl (C=O) groups excluding carboxylic acids is 1. The number of hydrogen-bond donors (Lipinski definition) is 2. The number of nitrogens with one attached hydrogen (secondary N) is 1. The maximum Gasteiger partial charge on any atom is 0.337 e. The number of rotatable bonds is 4. The summed E-state index contributed by atoms with van der Waals surface area (Å²) in [7, 11) is 1.77. The molecule has 0 saturated carbocycles. The molecule has 28 heavy (non-hydrogen) atoms. The smallest absolute Gasteiger partial charge is 0.337 e. The standard InChI is InChI=1S/C21H16N4O3/c1-25-19-10-8-15(12-18(19)23-24-25)20(26)22-17-11-14(7-9-16(17)21(27)28)13-5-3-2-4-6-13/h2-12H,1H3,(H,22,26)(H,27,28). The van der Waals surface area contributed by atoms with E-state index < -0.39 is 11.9 Å². The van der Waals surface area contributed by atoms with Crippen molar-refractivity contribution in [2.75, 3.05) is 5.32 Å². The molecule has 3 aromatic carbocycles. The van der Waals surface area contributed by atoms with Gasteiger partial charge in [0.2, 0.25) is 0 Å². The average molecular weight is 372 g/mol. The Hall–Kier alpha value is -4.00. The molecule has 1 heterocycles. The van der Waals surface area contributed by atoms with Crippen molar-refractivity contribution in [3.8, 4) is 11.1 Å². The van der Waals surface area contributed by atoms with Crippen molar-refractivity contribution >= 4 is 28.6 Å². The molecule has 0 spiro atoms. The van der Waals surface area contributed by atoms with Crippen LogP contribution in [0.4, 0.5) is 5.69 Å². The molecule has 0 unspecified atom stereocenters. The highest BCUT2D eigenvalue weighted by Gasteiger charge is 2.16. The molecule has 4 rings (SSSR count). The molecule has 7 nitrogen and oxygen atoms in total. The van der Waals surface area contributed by atoms with Gasteiger partial charge in [-0.15, -0.1) is 5.10 Å². The van der Waals surface area contributed by atoms with Crippen LogP contribution in [0.15, 0.2) is 66.7 Å². The quantitative estimate of drug-likeness (QED) is 0.571. The van der Waals surface area contributed by atoms with Crippen LogP contribution in [0.3, 0.4) is 0 Å². The highest BCUT2D eigenvalue weighted by atomic mass is 16.4. The van der Waals surface area contributed by atoms with Gasteiger partial charge in [-0.1, -0.05) is 41.6 Å². The Balaban J connectivity index is 1.70. The fourth-order valence-electron chi connectivity index (χ4n) is 3.02. The largest absolute Gasteiger partial charge is 0.478 e. The lowest BCUT2D eigenvalue weighted by atomic mass is 10.0. The van der Waals surface area contributed by atoms with Crippen LogP contribution in [0.1, 0.15) is 20.7 Å². The molecule has 0 atom stereocenters. The van der Waals surface area contributed by atoms with E-state index in [0.29, 0.717) is 11.1 Å². The summed E-state index contributed by atoms with van der Waals surface area (Å²) in [6.45, 7) is 0. The van der Waals surface area contributed by atoms with Crippen molar-refractivity contribution in [1.82, 2.24) is 15.0 Å². The van der Waals surface area contributed by atoms with Crippen LogP contribution >= 0.6 is 0 Å². The molecule has 1 aromatic heterocycles. The van der Waals surface area contributed by atoms with Crippen LogP contribution < -0.4 is 5.32 Å². The van der Waals surface area contributed by atoms with Crippen molar-refractivity contribution in [3.63, 3.8) is 0 Å². The molecule has 138 valence electrons. The van der Waals surface area contributed by atoms with Crippen LogP contribution in [0, 0.1) is 0 Å². The summed E-state index contributed by atoms with van der Waals surface area (Å²) in [4.78, 5) is 24.3. The minimum Gasteiger partial charge on any atom is -0.478 e. The first-order valence-electron chi connectivity index (χ1n) is 8.56. The number of carbonyl (C=O) groups is 2. The van der Waals surface area contributed by atoms with Gasteiger partial charge in [0, 0.05) is 12.6 Å². The summed E-state index contributed by atoms with van der Waals surface area (Å²) in [6.07, 6.45) is 0. The van der Waals surface area contributed by atoms with E-state index in [9.17, 15) is 14.7 Å². The monoisotopic (exact) mass is 372 g/mol. The predicted molar refractivity (Wildman–Crippen MR) is 105 cm³/mol.